The Kier molecular flexibility index (Phi) is 6.52. The van der Waals surface area contributed by atoms with Crippen LogP contribution in [0, 0.1) is 5.92 Å². The zero-order valence-electron chi connectivity index (χ0n) is 11.0. The van der Waals surface area contributed by atoms with Gasteiger partial charge < -0.3 is 15.7 Å². The van der Waals surface area contributed by atoms with Crippen LogP contribution in [0.5, 0.6) is 0 Å². The summed E-state index contributed by atoms with van der Waals surface area (Å²) >= 11 is 0. The van der Waals surface area contributed by atoms with Crippen molar-refractivity contribution in [3.63, 3.8) is 0 Å². The molecule has 2 atom stereocenters. The predicted molar refractivity (Wildman–Crippen MR) is 68.7 cm³/mol. The highest BCUT2D eigenvalue weighted by atomic mass is 16.3. The van der Waals surface area contributed by atoms with Gasteiger partial charge in [-0.25, -0.2) is 0 Å². The molecule has 1 aliphatic carbocycles. The average Bonchev–Trinajstić information content (AvgIpc) is 2.29. The van der Waals surface area contributed by atoms with E-state index in [4.69, 9.17) is 0 Å². The molecule has 0 heterocycles. The van der Waals surface area contributed by atoms with Crippen molar-refractivity contribution < 1.29 is 9.90 Å². The monoisotopic (exact) mass is 242 g/mol. The molecule has 100 valence electrons. The van der Waals surface area contributed by atoms with Gasteiger partial charge >= 0.3 is 0 Å². The first kappa shape index (κ1) is 14.5. The van der Waals surface area contributed by atoms with E-state index < -0.39 is 0 Å². The van der Waals surface area contributed by atoms with Crippen molar-refractivity contribution in [2.75, 3.05) is 13.1 Å². The van der Waals surface area contributed by atoms with Gasteiger partial charge in [0.2, 0.25) is 5.91 Å². The zero-order valence-corrected chi connectivity index (χ0v) is 11.0. The summed E-state index contributed by atoms with van der Waals surface area (Å²) in [6.45, 7) is 5.56. The van der Waals surface area contributed by atoms with E-state index in [9.17, 15) is 9.90 Å². The molecule has 0 saturated heterocycles. The highest BCUT2D eigenvalue weighted by molar-refractivity contribution is 5.76. The van der Waals surface area contributed by atoms with Crippen molar-refractivity contribution in [3.8, 4) is 0 Å². The van der Waals surface area contributed by atoms with Crippen LogP contribution in [0.1, 0.15) is 46.0 Å². The van der Waals surface area contributed by atoms with Crippen LogP contribution in [0.25, 0.3) is 0 Å². The lowest BCUT2D eigenvalue weighted by Gasteiger charge is -2.28. The van der Waals surface area contributed by atoms with E-state index in [2.05, 4.69) is 24.5 Å². The highest BCUT2D eigenvalue weighted by Crippen LogP contribution is 2.18. The van der Waals surface area contributed by atoms with Gasteiger partial charge in [0.15, 0.2) is 0 Å². The van der Waals surface area contributed by atoms with E-state index in [1.807, 2.05) is 0 Å². The molecule has 3 N–H and O–H groups in total. The second-order valence-electron chi connectivity index (χ2n) is 5.36. The highest BCUT2D eigenvalue weighted by Gasteiger charge is 2.22. The fourth-order valence-corrected chi connectivity index (χ4v) is 2.13. The molecule has 0 aromatic heterocycles. The fourth-order valence-electron chi connectivity index (χ4n) is 2.13. The number of rotatable bonds is 6. The van der Waals surface area contributed by atoms with Crippen LogP contribution in [-0.2, 0) is 4.79 Å². The molecule has 4 heteroatoms. The van der Waals surface area contributed by atoms with Crippen molar-refractivity contribution in [3.05, 3.63) is 0 Å². The summed E-state index contributed by atoms with van der Waals surface area (Å²) in [7, 11) is 0. The molecule has 0 aromatic rings. The number of amides is 1. The van der Waals surface area contributed by atoms with Crippen LogP contribution in [0.3, 0.4) is 0 Å². The van der Waals surface area contributed by atoms with Crippen LogP contribution >= 0.6 is 0 Å². The Bertz CT molecular complexity index is 231. The minimum Gasteiger partial charge on any atom is -0.392 e. The van der Waals surface area contributed by atoms with Crippen LogP contribution in [0.2, 0.25) is 0 Å². The molecule has 0 spiro atoms. The van der Waals surface area contributed by atoms with Gasteiger partial charge in [-0.15, -0.1) is 0 Å². The van der Waals surface area contributed by atoms with Gasteiger partial charge in [0.1, 0.15) is 0 Å². The lowest BCUT2D eigenvalue weighted by atomic mass is 9.92. The van der Waals surface area contributed by atoms with Crippen molar-refractivity contribution in [2.24, 2.45) is 5.92 Å². The molecular weight excluding hydrogens is 216 g/mol. The summed E-state index contributed by atoms with van der Waals surface area (Å²) in [4.78, 5) is 11.5. The molecule has 0 aromatic carbocycles. The molecule has 0 radical (unpaired) electrons. The van der Waals surface area contributed by atoms with Crippen LogP contribution in [-0.4, -0.2) is 36.2 Å². The van der Waals surface area contributed by atoms with E-state index >= 15 is 0 Å². The van der Waals surface area contributed by atoms with Crippen molar-refractivity contribution >= 4 is 5.91 Å². The first-order chi connectivity index (χ1) is 8.09. The Morgan fingerprint density at radius 2 is 2.06 bits per heavy atom. The first-order valence-electron chi connectivity index (χ1n) is 6.77. The van der Waals surface area contributed by atoms with Crippen LogP contribution in [0.4, 0.5) is 0 Å². The third kappa shape index (κ3) is 6.03. The Labute approximate surface area is 104 Å². The molecule has 4 nitrogen and oxygen atoms in total. The van der Waals surface area contributed by atoms with Crippen molar-refractivity contribution in [1.82, 2.24) is 10.6 Å². The van der Waals surface area contributed by atoms with Crippen molar-refractivity contribution in [2.45, 2.75) is 58.1 Å². The number of hydrogen-bond acceptors (Lipinski definition) is 3. The normalized spacial score (nSPS) is 24.9. The van der Waals surface area contributed by atoms with Gasteiger partial charge in [0.05, 0.1) is 6.10 Å². The number of carbonyl (C=O) groups is 1. The predicted octanol–water partition coefficient (Wildman–Crippen LogP) is 1.04. The van der Waals surface area contributed by atoms with Gasteiger partial charge in [-0.05, 0) is 18.8 Å². The van der Waals surface area contributed by atoms with E-state index in [1.165, 1.54) is 6.42 Å². The Morgan fingerprint density at radius 3 is 2.71 bits per heavy atom. The zero-order chi connectivity index (χ0) is 12.7. The third-order valence-corrected chi connectivity index (χ3v) is 3.20. The molecule has 1 fully saturated rings. The van der Waals surface area contributed by atoms with E-state index in [0.717, 1.165) is 25.8 Å². The van der Waals surface area contributed by atoms with Gasteiger partial charge in [0, 0.05) is 25.6 Å². The Morgan fingerprint density at radius 1 is 1.35 bits per heavy atom. The van der Waals surface area contributed by atoms with Crippen LogP contribution < -0.4 is 10.6 Å². The lowest BCUT2D eigenvalue weighted by Crippen LogP contribution is -2.43. The smallest absolute Gasteiger partial charge is 0.221 e. The molecular formula is C13H26N2O2. The standard InChI is InChI=1S/C13H26N2O2/c1-10(2)9-15-13(17)7-8-14-11-5-3-4-6-12(11)16/h10-12,14,16H,3-9H2,1-2H3,(H,15,17)/t11-,12-/m1/s1. The van der Waals surface area contributed by atoms with Crippen molar-refractivity contribution in [1.29, 1.82) is 0 Å². The topological polar surface area (TPSA) is 61.4 Å². The summed E-state index contributed by atoms with van der Waals surface area (Å²) in [5.74, 6) is 0.587. The number of nitrogens with one attached hydrogen (secondary N) is 2. The largest absolute Gasteiger partial charge is 0.392 e. The minimum atomic E-state index is -0.234. The SMILES string of the molecule is CC(C)CNC(=O)CCN[C@@H]1CCCC[C@H]1O. The third-order valence-electron chi connectivity index (χ3n) is 3.20. The van der Waals surface area contributed by atoms with Crippen LogP contribution in [0.15, 0.2) is 0 Å². The maximum atomic E-state index is 11.5. The molecule has 0 bridgehead atoms. The molecule has 0 aliphatic heterocycles. The van der Waals surface area contributed by atoms with Gasteiger partial charge in [-0.2, -0.15) is 0 Å². The average molecular weight is 242 g/mol. The maximum absolute atomic E-state index is 11.5. The van der Waals surface area contributed by atoms with Gasteiger partial charge in [-0.1, -0.05) is 26.7 Å². The summed E-state index contributed by atoms with van der Waals surface area (Å²) in [5, 5.41) is 15.9. The number of hydrogen-bond donors (Lipinski definition) is 3. The fraction of sp³-hybridized carbons (Fsp3) is 0.923. The van der Waals surface area contributed by atoms with Gasteiger partial charge in [-0.3, -0.25) is 4.79 Å². The molecule has 17 heavy (non-hydrogen) atoms. The maximum Gasteiger partial charge on any atom is 0.221 e. The molecule has 1 aliphatic rings. The Balaban J connectivity index is 2.08. The molecule has 1 saturated carbocycles. The molecule has 1 amide bonds. The van der Waals surface area contributed by atoms with E-state index in [0.29, 0.717) is 18.9 Å². The Hall–Kier alpha value is -0.610. The lowest BCUT2D eigenvalue weighted by molar-refractivity contribution is -0.121. The second-order valence-corrected chi connectivity index (χ2v) is 5.36. The number of aliphatic hydroxyl groups excluding tert-OH is 1. The number of aliphatic hydroxyl groups is 1. The first-order valence-corrected chi connectivity index (χ1v) is 6.77. The summed E-state index contributed by atoms with van der Waals surface area (Å²) in [6.07, 6.45) is 4.47. The quantitative estimate of drug-likeness (QED) is 0.652. The summed E-state index contributed by atoms with van der Waals surface area (Å²) in [6, 6.07) is 0.182. The second kappa shape index (κ2) is 7.67. The summed E-state index contributed by atoms with van der Waals surface area (Å²) in [5.41, 5.74) is 0. The van der Waals surface area contributed by atoms with Gasteiger partial charge in [0.25, 0.3) is 0 Å². The van der Waals surface area contributed by atoms with E-state index in [-0.39, 0.29) is 18.1 Å². The molecule has 0 unspecified atom stereocenters. The molecule has 1 rings (SSSR count). The number of carbonyl (C=O) groups excluding carboxylic acids is 1. The summed E-state index contributed by atoms with van der Waals surface area (Å²) < 4.78 is 0. The van der Waals surface area contributed by atoms with E-state index in [1.54, 1.807) is 0 Å². The minimum absolute atomic E-state index is 0.0940.